The fourth-order valence-electron chi connectivity index (χ4n) is 3.51. The van der Waals surface area contributed by atoms with Gasteiger partial charge in [0.05, 0.1) is 22.0 Å². The molecule has 26 heavy (non-hydrogen) atoms. The first-order chi connectivity index (χ1) is 12.4. The molecule has 8 heteroatoms. The van der Waals surface area contributed by atoms with Crippen molar-refractivity contribution >= 4 is 32.6 Å². The van der Waals surface area contributed by atoms with E-state index < -0.39 is 6.10 Å². The lowest BCUT2D eigenvalue weighted by molar-refractivity contribution is 0.0764. The van der Waals surface area contributed by atoms with Crippen LogP contribution in [-0.4, -0.2) is 45.2 Å². The minimum absolute atomic E-state index is 0.0600. The zero-order valence-electron chi connectivity index (χ0n) is 14.6. The molecule has 3 heterocycles. The number of nitrogens with two attached hydrogens (primary N) is 1. The molecule has 0 unspecified atom stereocenters. The molecule has 0 spiro atoms. The van der Waals surface area contributed by atoms with Gasteiger partial charge in [0, 0.05) is 37.1 Å². The summed E-state index contributed by atoms with van der Waals surface area (Å²) < 4.78 is 6.14. The number of thiazole rings is 1. The molecule has 1 aliphatic heterocycles. The third kappa shape index (κ3) is 3.06. The standard InChI is InChI=1S/C18H20N4O3S/c1-9-3-11(6-15-16(9)20-18(19)26-15)17(24)22-7-12(14(23)8-22)5-13-4-10(2)21-25-13/h3-4,6,12,14,23H,5,7-8H2,1-2H3,(H2,19,20)/t12-,14-/m1/s1. The molecule has 2 atom stereocenters. The summed E-state index contributed by atoms with van der Waals surface area (Å²) in [7, 11) is 0. The number of nitrogens with zero attached hydrogens (tertiary/aromatic N) is 3. The summed E-state index contributed by atoms with van der Waals surface area (Å²) in [4.78, 5) is 18.9. The predicted octanol–water partition coefficient (Wildman–Crippen LogP) is 2.16. The SMILES string of the molecule is Cc1cc(C[C@@H]2CN(C(=O)c3cc(C)c4nc(N)sc4c3)C[C@H]2O)on1. The number of fused-ring (bicyclic) bond motifs is 1. The van der Waals surface area contributed by atoms with Gasteiger partial charge in [0.15, 0.2) is 5.13 Å². The molecule has 3 N–H and O–H groups in total. The van der Waals surface area contributed by atoms with Gasteiger partial charge in [0.25, 0.3) is 5.91 Å². The van der Waals surface area contributed by atoms with Gasteiger partial charge >= 0.3 is 0 Å². The highest BCUT2D eigenvalue weighted by Gasteiger charge is 2.35. The van der Waals surface area contributed by atoms with Gasteiger partial charge in [-0.05, 0) is 31.5 Å². The van der Waals surface area contributed by atoms with Crippen molar-refractivity contribution in [2.24, 2.45) is 5.92 Å². The van der Waals surface area contributed by atoms with Crippen LogP contribution in [0.2, 0.25) is 0 Å². The minimum Gasteiger partial charge on any atom is -0.391 e. The predicted molar refractivity (Wildman–Crippen MR) is 99.1 cm³/mol. The van der Waals surface area contributed by atoms with E-state index in [9.17, 15) is 9.90 Å². The molecule has 0 saturated carbocycles. The number of aliphatic hydroxyl groups is 1. The van der Waals surface area contributed by atoms with Crippen molar-refractivity contribution in [1.29, 1.82) is 0 Å². The number of likely N-dealkylation sites (tertiary alicyclic amines) is 1. The molecule has 1 saturated heterocycles. The minimum atomic E-state index is -0.576. The summed E-state index contributed by atoms with van der Waals surface area (Å²) in [5, 5.41) is 14.7. The van der Waals surface area contributed by atoms with Crippen LogP contribution < -0.4 is 5.73 Å². The van der Waals surface area contributed by atoms with E-state index in [2.05, 4.69) is 10.1 Å². The first kappa shape index (κ1) is 17.0. The van der Waals surface area contributed by atoms with E-state index in [0.29, 0.717) is 30.2 Å². The summed E-state index contributed by atoms with van der Waals surface area (Å²) in [6.07, 6.45) is -0.0110. The average molecular weight is 372 g/mol. The van der Waals surface area contributed by atoms with Gasteiger partial charge in [-0.15, -0.1) is 0 Å². The van der Waals surface area contributed by atoms with Crippen LogP contribution in [0.1, 0.15) is 27.4 Å². The molecule has 0 aliphatic carbocycles. The van der Waals surface area contributed by atoms with Gasteiger partial charge in [-0.3, -0.25) is 4.79 Å². The van der Waals surface area contributed by atoms with Crippen LogP contribution in [0.3, 0.4) is 0 Å². The van der Waals surface area contributed by atoms with E-state index in [4.69, 9.17) is 10.3 Å². The topological polar surface area (TPSA) is 105 Å². The highest BCUT2D eigenvalue weighted by molar-refractivity contribution is 7.22. The molecule has 1 amide bonds. The zero-order chi connectivity index (χ0) is 18.4. The summed E-state index contributed by atoms with van der Waals surface area (Å²) in [5.74, 6) is 0.589. The molecule has 7 nitrogen and oxygen atoms in total. The number of aliphatic hydroxyl groups excluding tert-OH is 1. The molecule has 2 aromatic heterocycles. The van der Waals surface area contributed by atoms with Crippen molar-refractivity contribution in [3.8, 4) is 0 Å². The van der Waals surface area contributed by atoms with E-state index in [1.807, 2.05) is 32.0 Å². The molecule has 0 radical (unpaired) electrons. The third-order valence-electron chi connectivity index (χ3n) is 4.78. The number of β-amino-alcohol motifs (C(OH)–C–C–N with tert-alkyl or cyclic N) is 1. The number of hydrogen-bond acceptors (Lipinski definition) is 7. The molecule has 1 aliphatic rings. The second-order valence-corrected chi connectivity index (χ2v) is 7.93. The Bertz CT molecular complexity index is 980. The highest BCUT2D eigenvalue weighted by Crippen LogP contribution is 2.29. The van der Waals surface area contributed by atoms with Crippen molar-refractivity contribution in [2.45, 2.75) is 26.4 Å². The lowest BCUT2D eigenvalue weighted by Crippen LogP contribution is -2.29. The van der Waals surface area contributed by atoms with Crippen LogP contribution in [0.4, 0.5) is 5.13 Å². The first-order valence-electron chi connectivity index (χ1n) is 8.47. The van der Waals surface area contributed by atoms with Gasteiger partial charge in [0.1, 0.15) is 5.76 Å². The number of amides is 1. The quantitative estimate of drug-likeness (QED) is 0.730. The Kier molecular flexibility index (Phi) is 4.16. The smallest absolute Gasteiger partial charge is 0.254 e. The second kappa shape index (κ2) is 6.37. The van der Waals surface area contributed by atoms with Crippen molar-refractivity contribution < 1.29 is 14.4 Å². The maximum atomic E-state index is 12.9. The molecular formula is C18H20N4O3S. The van der Waals surface area contributed by atoms with Crippen LogP contribution >= 0.6 is 11.3 Å². The Labute approximate surface area is 154 Å². The average Bonchev–Trinajstić information content (AvgIpc) is 3.26. The Morgan fingerprint density at radius 3 is 2.92 bits per heavy atom. The van der Waals surface area contributed by atoms with E-state index in [1.165, 1.54) is 11.3 Å². The maximum absolute atomic E-state index is 12.9. The highest BCUT2D eigenvalue weighted by atomic mass is 32.1. The Hall–Kier alpha value is -2.45. The Morgan fingerprint density at radius 1 is 1.38 bits per heavy atom. The number of aromatic nitrogens is 2. The van der Waals surface area contributed by atoms with Crippen LogP contribution in [0.25, 0.3) is 10.2 Å². The number of hydrogen-bond donors (Lipinski definition) is 2. The van der Waals surface area contributed by atoms with Crippen molar-refractivity contribution in [2.75, 3.05) is 18.8 Å². The number of benzene rings is 1. The van der Waals surface area contributed by atoms with Gasteiger partial charge in [0.2, 0.25) is 0 Å². The number of carbonyl (C=O) groups is 1. The summed E-state index contributed by atoms with van der Waals surface area (Å²) in [5.41, 5.74) is 8.96. The van der Waals surface area contributed by atoms with Gasteiger partial charge in [-0.2, -0.15) is 0 Å². The number of aryl methyl sites for hydroxylation is 2. The van der Waals surface area contributed by atoms with Crippen LogP contribution in [0, 0.1) is 19.8 Å². The third-order valence-corrected chi connectivity index (χ3v) is 5.61. The summed E-state index contributed by atoms with van der Waals surface area (Å²) in [6.45, 7) is 4.59. The fraction of sp³-hybridized carbons (Fsp3) is 0.389. The number of nitrogen functional groups attached to an aromatic ring is 1. The van der Waals surface area contributed by atoms with Crippen molar-refractivity contribution in [3.05, 3.63) is 40.8 Å². The molecule has 4 rings (SSSR count). The number of carbonyl (C=O) groups excluding carboxylic acids is 1. The van der Waals surface area contributed by atoms with Gasteiger partial charge in [-0.25, -0.2) is 4.98 Å². The molecule has 136 valence electrons. The molecular weight excluding hydrogens is 352 g/mol. The second-order valence-electron chi connectivity index (χ2n) is 6.87. The maximum Gasteiger partial charge on any atom is 0.254 e. The van der Waals surface area contributed by atoms with E-state index >= 15 is 0 Å². The van der Waals surface area contributed by atoms with Crippen LogP contribution in [0.5, 0.6) is 0 Å². The Morgan fingerprint density at radius 2 is 2.19 bits per heavy atom. The van der Waals surface area contributed by atoms with E-state index in [1.54, 1.807) is 4.90 Å². The van der Waals surface area contributed by atoms with E-state index in [-0.39, 0.29) is 11.8 Å². The molecule has 1 fully saturated rings. The van der Waals surface area contributed by atoms with E-state index in [0.717, 1.165) is 27.2 Å². The van der Waals surface area contributed by atoms with Crippen molar-refractivity contribution in [1.82, 2.24) is 15.0 Å². The number of anilines is 1. The monoisotopic (exact) mass is 372 g/mol. The first-order valence-corrected chi connectivity index (χ1v) is 9.28. The lowest BCUT2D eigenvalue weighted by atomic mass is 10.0. The lowest BCUT2D eigenvalue weighted by Gasteiger charge is -2.16. The summed E-state index contributed by atoms with van der Waals surface area (Å²) >= 11 is 1.37. The van der Waals surface area contributed by atoms with Gasteiger partial charge in [-0.1, -0.05) is 16.5 Å². The molecule has 1 aromatic carbocycles. The van der Waals surface area contributed by atoms with Crippen LogP contribution in [-0.2, 0) is 6.42 Å². The summed E-state index contributed by atoms with van der Waals surface area (Å²) in [6, 6.07) is 5.53. The fourth-order valence-corrected chi connectivity index (χ4v) is 4.36. The zero-order valence-corrected chi connectivity index (χ0v) is 15.4. The van der Waals surface area contributed by atoms with Crippen molar-refractivity contribution in [3.63, 3.8) is 0 Å². The van der Waals surface area contributed by atoms with Gasteiger partial charge < -0.3 is 20.3 Å². The normalized spacial score (nSPS) is 20.2. The molecule has 3 aromatic rings. The van der Waals surface area contributed by atoms with Crippen LogP contribution in [0.15, 0.2) is 22.7 Å². The number of rotatable bonds is 3. The molecule has 0 bridgehead atoms. The Balaban J connectivity index is 1.53. The largest absolute Gasteiger partial charge is 0.391 e.